The molecule has 1 heterocycles. The number of benzene rings is 2. The highest BCUT2D eigenvalue weighted by molar-refractivity contribution is 7.91. The van der Waals surface area contributed by atoms with Crippen molar-refractivity contribution in [2.75, 3.05) is 19.3 Å². The van der Waals surface area contributed by atoms with Crippen molar-refractivity contribution >= 4 is 15.8 Å². The van der Waals surface area contributed by atoms with Crippen LogP contribution in [0.1, 0.15) is 25.8 Å². The van der Waals surface area contributed by atoms with Gasteiger partial charge in [-0.3, -0.25) is 0 Å². The van der Waals surface area contributed by atoms with E-state index in [2.05, 4.69) is 19.1 Å². The van der Waals surface area contributed by atoms with Crippen LogP contribution >= 0.6 is 0 Å². The van der Waals surface area contributed by atoms with Crippen molar-refractivity contribution in [2.24, 2.45) is 10.7 Å². The Morgan fingerprint density at radius 3 is 2.46 bits per heavy atom. The maximum Gasteiger partial charge on any atom is 0.191 e. The number of nitrogens with zero attached hydrogens (tertiary/aromatic N) is 2. The third-order valence-corrected chi connectivity index (χ3v) is 6.85. The van der Waals surface area contributed by atoms with Gasteiger partial charge >= 0.3 is 0 Å². The summed E-state index contributed by atoms with van der Waals surface area (Å²) >= 11 is 0. The first-order chi connectivity index (χ1) is 12.2. The summed E-state index contributed by atoms with van der Waals surface area (Å²) in [6.45, 7) is 4.61. The zero-order valence-corrected chi connectivity index (χ0v) is 16.3. The van der Waals surface area contributed by atoms with Gasteiger partial charge in [0.25, 0.3) is 0 Å². The van der Waals surface area contributed by atoms with Gasteiger partial charge in [0.15, 0.2) is 15.8 Å². The van der Waals surface area contributed by atoms with E-state index in [0.717, 1.165) is 29.7 Å². The molecule has 1 aliphatic heterocycles. The molecule has 0 saturated carbocycles. The monoisotopic (exact) mass is 371 g/mol. The minimum Gasteiger partial charge on any atom is -0.370 e. The van der Waals surface area contributed by atoms with E-state index < -0.39 is 9.84 Å². The molecule has 0 fully saturated rings. The van der Waals surface area contributed by atoms with Crippen LogP contribution in [0.2, 0.25) is 0 Å². The van der Waals surface area contributed by atoms with Crippen LogP contribution < -0.4 is 5.73 Å². The second-order valence-corrected chi connectivity index (χ2v) is 9.20. The summed E-state index contributed by atoms with van der Waals surface area (Å²) in [7, 11) is -1.23. The molecule has 2 N–H and O–H groups in total. The second-order valence-electron chi connectivity index (χ2n) is 6.92. The number of hydrogen-bond acceptors (Lipinski definition) is 5. The Balaban J connectivity index is 1.96. The van der Waals surface area contributed by atoms with Crippen LogP contribution in [-0.2, 0) is 15.4 Å². The molecule has 2 aromatic carbocycles. The molecule has 0 bridgehead atoms. The Morgan fingerprint density at radius 2 is 1.85 bits per heavy atom. The van der Waals surface area contributed by atoms with Gasteiger partial charge in [-0.1, -0.05) is 37.3 Å². The number of sulfone groups is 1. The highest BCUT2D eigenvalue weighted by atomic mass is 32.2. The van der Waals surface area contributed by atoms with Crippen LogP contribution in [0.25, 0.3) is 11.1 Å². The first-order valence-electron chi connectivity index (χ1n) is 8.75. The predicted molar refractivity (Wildman–Crippen MR) is 106 cm³/mol. The van der Waals surface area contributed by atoms with Crippen molar-refractivity contribution in [3.8, 4) is 11.1 Å². The zero-order valence-electron chi connectivity index (χ0n) is 15.4. The van der Waals surface area contributed by atoms with Crippen LogP contribution in [-0.4, -0.2) is 38.6 Å². The molecule has 0 aliphatic carbocycles. The molecule has 3 rings (SSSR count). The maximum atomic E-state index is 12.0. The van der Waals surface area contributed by atoms with Crippen LogP contribution in [0.4, 0.5) is 0 Å². The van der Waals surface area contributed by atoms with Crippen molar-refractivity contribution in [3.63, 3.8) is 0 Å². The molecule has 138 valence electrons. The fraction of sp³-hybridized carbons (Fsp3) is 0.350. The standard InChI is InChI=1S/C20H25N3O2S/c1-4-26(24,25)18-10-8-15(9-11-18)16-6-5-7-17(14-16)20(2)12-13-23(3)19(21)22-20/h5-11,14H,4,12-13H2,1-3H3,(H2,21,22). The van der Waals surface area contributed by atoms with Crippen LogP contribution in [0, 0.1) is 0 Å². The quantitative estimate of drug-likeness (QED) is 0.896. The summed E-state index contributed by atoms with van der Waals surface area (Å²) in [4.78, 5) is 7.02. The van der Waals surface area contributed by atoms with Crippen LogP contribution in [0.15, 0.2) is 58.4 Å². The summed E-state index contributed by atoms with van der Waals surface area (Å²) in [6, 6.07) is 15.3. The maximum absolute atomic E-state index is 12.0. The molecule has 26 heavy (non-hydrogen) atoms. The number of rotatable bonds is 4. The van der Waals surface area contributed by atoms with Gasteiger partial charge < -0.3 is 10.6 Å². The van der Waals surface area contributed by atoms with Gasteiger partial charge in [0.2, 0.25) is 0 Å². The van der Waals surface area contributed by atoms with Crippen molar-refractivity contribution in [1.82, 2.24) is 4.90 Å². The Bertz CT molecular complexity index is 936. The van der Waals surface area contributed by atoms with Gasteiger partial charge in [0.05, 0.1) is 16.2 Å². The number of aliphatic imine (C=N–C) groups is 1. The number of hydrogen-bond donors (Lipinski definition) is 1. The van der Waals surface area contributed by atoms with E-state index in [1.54, 1.807) is 19.1 Å². The van der Waals surface area contributed by atoms with E-state index in [1.165, 1.54) is 0 Å². The smallest absolute Gasteiger partial charge is 0.191 e. The summed E-state index contributed by atoms with van der Waals surface area (Å²) < 4.78 is 24.0. The molecule has 1 aliphatic rings. The lowest BCUT2D eigenvalue weighted by Gasteiger charge is -2.35. The molecule has 0 aromatic heterocycles. The van der Waals surface area contributed by atoms with Gasteiger partial charge in [-0.05, 0) is 48.2 Å². The lowest BCUT2D eigenvalue weighted by atomic mass is 9.86. The first-order valence-corrected chi connectivity index (χ1v) is 10.4. The van der Waals surface area contributed by atoms with E-state index in [0.29, 0.717) is 10.9 Å². The molecule has 6 heteroatoms. The number of guanidine groups is 1. The van der Waals surface area contributed by atoms with E-state index in [-0.39, 0.29) is 11.3 Å². The van der Waals surface area contributed by atoms with Crippen molar-refractivity contribution in [1.29, 1.82) is 0 Å². The SMILES string of the molecule is CCS(=O)(=O)c1ccc(-c2cccc(C3(C)CCN(C)C(N)=N3)c2)cc1. The third-order valence-electron chi connectivity index (χ3n) is 5.10. The molecular weight excluding hydrogens is 346 g/mol. The van der Waals surface area contributed by atoms with Crippen molar-refractivity contribution in [3.05, 3.63) is 54.1 Å². The Labute approximate surface area is 155 Å². The summed E-state index contributed by atoms with van der Waals surface area (Å²) in [5, 5.41) is 0. The Morgan fingerprint density at radius 1 is 1.15 bits per heavy atom. The molecule has 1 atom stereocenters. The van der Waals surface area contributed by atoms with E-state index in [1.807, 2.05) is 36.2 Å². The average Bonchev–Trinajstić information content (AvgIpc) is 2.65. The highest BCUT2D eigenvalue weighted by Crippen LogP contribution is 2.34. The van der Waals surface area contributed by atoms with Gasteiger partial charge in [-0.15, -0.1) is 0 Å². The van der Waals surface area contributed by atoms with Crippen molar-refractivity contribution < 1.29 is 8.42 Å². The number of nitrogens with two attached hydrogens (primary N) is 1. The zero-order chi connectivity index (χ0) is 18.9. The minimum absolute atomic E-state index is 0.105. The van der Waals surface area contributed by atoms with E-state index in [4.69, 9.17) is 10.7 Å². The Kier molecular flexibility index (Phi) is 4.80. The van der Waals surface area contributed by atoms with E-state index >= 15 is 0 Å². The molecule has 0 spiro atoms. The van der Waals surface area contributed by atoms with Crippen molar-refractivity contribution in [2.45, 2.75) is 30.7 Å². The summed E-state index contributed by atoms with van der Waals surface area (Å²) in [6.07, 6.45) is 0.890. The average molecular weight is 372 g/mol. The summed E-state index contributed by atoms with van der Waals surface area (Å²) in [5.74, 6) is 0.659. The molecular formula is C20H25N3O2S. The fourth-order valence-electron chi connectivity index (χ4n) is 3.16. The highest BCUT2D eigenvalue weighted by Gasteiger charge is 2.31. The van der Waals surface area contributed by atoms with Crippen LogP contribution in [0.3, 0.4) is 0 Å². The molecule has 0 saturated heterocycles. The first kappa shape index (κ1) is 18.5. The molecule has 0 amide bonds. The van der Waals surface area contributed by atoms with E-state index in [9.17, 15) is 8.42 Å². The molecule has 5 nitrogen and oxygen atoms in total. The second kappa shape index (κ2) is 6.76. The van der Waals surface area contributed by atoms with Gasteiger partial charge in [-0.25, -0.2) is 13.4 Å². The molecule has 1 unspecified atom stereocenters. The lowest BCUT2D eigenvalue weighted by molar-refractivity contribution is 0.339. The van der Waals surface area contributed by atoms with Gasteiger partial charge in [-0.2, -0.15) is 0 Å². The lowest BCUT2D eigenvalue weighted by Crippen LogP contribution is -2.43. The predicted octanol–water partition coefficient (Wildman–Crippen LogP) is 3.01. The third kappa shape index (κ3) is 3.46. The largest absolute Gasteiger partial charge is 0.370 e. The minimum atomic E-state index is -3.18. The van der Waals surface area contributed by atoms with Crippen LogP contribution in [0.5, 0.6) is 0 Å². The molecule has 0 radical (unpaired) electrons. The normalized spacial score (nSPS) is 20.7. The van der Waals surface area contributed by atoms with Gasteiger partial charge in [0.1, 0.15) is 0 Å². The fourth-order valence-corrected chi connectivity index (χ4v) is 4.04. The summed E-state index contributed by atoms with van der Waals surface area (Å²) in [5.41, 5.74) is 8.81. The molecule has 2 aromatic rings. The van der Waals surface area contributed by atoms with Gasteiger partial charge in [0, 0.05) is 13.6 Å². The topological polar surface area (TPSA) is 75.8 Å². The Hall–Kier alpha value is -2.34.